The van der Waals surface area contributed by atoms with E-state index in [1.165, 1.54) is 51.4 Å². The normalized spacial score (nSPS) is 27.3. The zero-order valence-electron chi connectivity index (χ0n) is 38.0. The Morgan fingerprint density at radius 3 is 1.62 bits per heavy atom. The fourth-order valence-corrected chi connectivity index (χ4v) is 7.13. The smallest absolute Gasteiger partial charge is 0.306 e. The molecule has 364 valence electrons. The van der Waals surface area contributed by atoms with Crippen LogP contribution in [0.2, 0.25) is 0 Å². The fourth-order valence-electron chi connectivity index (χ4n) is 7.13. The molecule has 0 aromatic carbocycles. The van der Waals surface area contributed by atoms with Crippen LogP contribution in [0.3, 0.4) is 0 Å². The minimum atomic E-state index is -1.77. The first-order chi connectivity index (χ1) is 30.5. The zero-order chi connectivity index (χ0) is 46.1. The monoisotopic (exact) mass is 899 g/mol. The topological polar surface area (TPSA) is 231 Å². The van der Waals surface area contributed by atoms with Crippen molar-refractivity contribution in [3.8, 4) is 0 Å². The first-order valence-corrected chi connectivity index (χ1v) is 23.7. The molecule has 11 atom stereocenters. The number of carbonyl (C=O) groups excluding carboxylic acids is 2. The second-order valence-electron chi connectivity index (χ2n) is 16.5. The van der Waals surface area contributed by atoms with Gasteiger partial charge in [-0.2, -0.15) is 0 Å². The molecule has 2 fully saturated rings. The van der Waals surface area contributed by atoms with Crippen molar-refractivity contribution in [3.63, 3.8) is 0 Å². The summed E-state index contributed by atoms with van der Waals surface area (Å²) >= 11 is 0. The predicted molar refractivity (Wildman–Crippen MR) is 238 cm³/mol. The van der Waals surface area contributed by atoms with Gasteiger partial charge in [-0.3, -0.25) is 9.59 Å². The summed E-state index contributed by atoms with van der Waals surface area (Å²) in [5, 5.41) is 71.9. The number of aliphatic hydroxyl groups excluding tert-OH is 7. The van der Waals surface area contributed by atoms with Gasteiger partial charge in [-0.15, -0.1) is 0 Å². The van der Waals surface area contributed by atoms with Crippen molar-refractivity contribution in [3.05, 3.63) is 48.6 Å². The highest BCUT2D eigenvalue weighted by Gasteiger charge is 2.47. The lowest BCUT2D eigenvalue weighted by Gasteiger charge is -2.42. The molecule has 15 nitrogen and oxygen atoms in total. The van der Waals surface area contributed by atoms with Crippen LogP contribution in [0.5, 0.6) is 0 Å². The van der Waals surface area contributed by atoms with Crippen molar-refractivity contribution in [1.82, 2.24) is 0 Å². The number of ether oxygens (including phenoxy) is 6. The summed E-state index contributed by atoms with van der Waals surface area (Å²) in [5.41, 5.74) is 0. The molecule has 0 spiro atoms. The minimum Gasteiger partial charge on any atom is -0.462 e. The Balaban J connectivity index is 1.87. The lowest BCUT2D eigenvalue weighted by Crippen LogP contribution is -2.61. The second-order valence-corrected chi connectivity index (χ2v) is 16.5. The molecular formula is C48H82O15. The number of hydrogen-bond donors (Lipinski definition) is 7. The molecule has 7 N–H and O–H groups in total. The summed E-state index contributed by atoms with van der Waals surface area (Å²) < 4.78 is 33.4. The molecule has 0 aromatic heterocycles. The quantitative estimate of drug-likeness (QED) is 0.0235. The van der Waals surface area contributed by atoms with E-state index in [0.29, 0.717) is 12.8 Å². The van der Waals surface area contributed by atoms with Crippen LogP contribution in [-0.2, 0) is 38.0 Å². The molecule has 15 heteroatoms. The third kappa shape index (κ3) is 24.5. The molecule has 0 radical (unpaired) electrons. The number of allylic oxidation sites excluding steroid dienone is 8. The minimum absolute atomic E-state index is 0.0561. The number of esters is 2. The van der Waals surface area contributed by atoms with Gasteiger partial charge in [0.25, 0.3) is 0 Å². The third-order valence-corrected chi connectivity index (χ3v) is 11.1. The van der Waals surface area contributed by atoms with Crippen LogP contribution in [0.15, 0.2) is 48.6 Å². The molecule has 0 bridgehead atoms. The van der Waals surface area contributed by atoms with Crippen LogP contribution in [0, 0.1) is 0 Å². The van der Waals surface area contributed by atoms with Crippen LogP contribution in [0.25, 0.3) is 0 Å². The molecule has 63 heavy (non-hydrogen) atoms. The van der Waals surface area contributed by atoms with Crippen molar-refractivity contribution in [1.29, 1.82) is 0 Å². The van der Waals surface area contributed by atoms with Gasteiger partial charge in [0.15, 0.2) is 18.7 Å². The first-order valence-electron chi connectivity index (χ1n) is 23.7. The summed E-state index contributed by atoms with van der Waals surface area (Å²) in [5.74, 6) is -1.02. The largest absolute Gasteiger partial charge is 0.462 e. The van der Waals surface area contributed by atoms with Gasteiger partial charge in [-0.1, -0.05) is 127 Å². The van der Waals surface area contributed by atoms with E-state index in [1.807, 2.05) is 12.2 Å². The van der Waals surface area contributed by atoms with Gasteiger partial charge in [-0.05, 0) is 57.8 Å². The maximum absolute atomic E-state index is 12.9. The lowest BCUT2D eigenvalue weighted by atomic mass is 9.98. The van der Waals surface area contributed by atoms with E-state index in [4.69, 9.17) is 28.4 Å². The predicted octanol–water partition coefficient (Wildman–Crippen LogP) is 5.54. The number of rotatable bonds is 35. The highest BCUT2D eigenvalue weighted by atomic mass is 16.7. The Morgan fingerprint density at radius 1 is 0.524 bits per heavy atom. The van der Waals surface area contributed by atoms with Crippen molar-refractivity contribution in [2.75, 3.05) is 26.4 Å². The molecule has 0 amide bonds. The number of aliphatic hydroxyl groups is 7. The Hall–Kier alpha value is -2.54. The van der Waals surface area contributed by atoms with Crippen molar-refractivity contribution >= 4 is 11.9 Å². The van der Waals surface area contributed by atoms with E-state index in [1.54, 1.807) is 0 Å². The average Bonchev–Trinajstić information content (AvgIpc) is 3.28. The van der Waals surface area contributed by atoms with Gasteiger partial charge >= 0.3 is 11.9 Å². The lowest BCUT2D eigenvalue weighted by molar-refractivity contribution is -0.332. The van der Waals surface area contributed by atoms with Crippen molar-refractivity contribution in [2.24, 2.45) is 0 Å². The van der Waals surface area contributed by atoms with Gasteiger partial charge in [0, 0.05) is 12.8 Å². The molecule has 0 saturated carbocycles. The fraction of sp³-hybridized carbons (Fsp3) is 0.792. The molecule has 2 rings (SSSR count). The molecule has 2 aliphatic rings. The van der Waals surface area contributed by atoms with Gasteiger partial charge in [0.1, 0.15) is 55.4 Å². The Labute approximate surface area is 376 Å². The van der Waals surface area contributed by atoms with Crippen LogP contribution in [0.4, 0.5) is 0 Å². The van der Waals surface area contributed by atoms with Crippen LogP contribution in [-0.4, -0.2) is 142 Å². The van der Waals surface area contributed by atoms with Crippen LogP contribution >= 0.6 is 0 Å². The van der Waals surface area contributed by atoms with Crippen LogP contribution in [0.1, 0.15) is 149 Å². The van der Waals surface area contributed by atoms with Gasteiger partial charge < -0.3 is 64.2 Å². The Bertz CT molecular complexity index is 1290. The molecular weight excluding hydrogens is 817 g/mol. The summed E-state index contributed by atoms with van der Waals surface area (Å²) in [6.45, 7) is 2.38. The summed E-state index contributed by atoms with van der Waals surface area (Å²) in [7, 11) is 0. The molecule has 2 aliphatic heterocycles. The molecule has 5 unspecified atom stereocenters. The van der Waals surface area contributed by atoms with E-state index in [-0.39, 0.29) is 19.4 Å². The highest BCUT2D eigenvalue weighted by molar-refractivity contribution is 5.70. The first kappa shape index (κ1) is 56.6. The molecule has 0 aromatic rings. The van der Waals surface area contributed by atoms with Gasteiger partial charge in [0.05, 0.1) is 19.8 Å². The Kier molecular flexibility index (Phi) is 32.1. The number of hydrogen-bond acceptors (Lipinski definition) is 15. The van der Waals surface area contributed by atoms with Crippen molar-refractivity contribution < 1.29 is 73.8 Å². The summed E-state index contributed by atoms with van der Waals surface area (Å²) in [6, 6.07) is 0. The highest BCUT2D eigenvalue weighted by Crippen LogP contribution is 2.26. The van der Waals surface area contributed by atoms with E-state index in [2.05, 4.69) is 50.3 Å². The number of unbranched alkanes of at least 4 members (excludes halogenated alkanes) is 13. The third-order valence-electron chi connectivity index (χ3n) is 11.1. The van der Waals surface area contributed by atoms with E-state index in [0.717, 1.165) is 57.8 Å². The maximum atomic E-state index is 12.9. The van der Waals surface area contributed by atoms with E-state index >= 15 is 0 Å². The standard InChI is InChI=1S/C48H82O15/c1-3-5-7-9-11-13-15-17-19-20-22-24-26-28-30-39(50)58-33-36(61-40(51)31-29-27-25-23-21-18-16-14-12-10-8-6-4-2)34-59-47-46(57)44(55)42(53)38(63-47)35-60-48-45(56)43(54)41(52)37(32-49)62-48/h5,7,11,13,18,21,25,27,36-38,41-49,52-57H,3-4,6,8-10,12,14-17,19-20,22-24,26,28-35H2,1-2H3/b7-5+,13-11+,21-18+,27-25+/t36?,37-,38-,41+,42+,43?,44?,45?,46?,47-,48-/m1/s1. The Morgan fingerprint density at radius 2 is 1.03 bits per heavy atom. The van der Waals surface area contributed by atoms with Crippen molar-refractivity contribution in [2.45, 2.75) is 216 Å². The van der Waals surface area contributed by atoms with Gasteiger partial charge in [-0.25, -0.2) is 0 Å². The van der Waals surface area contributed by atoms with E-state index < -0.39 is 99.3 Å². The number of carbonyl (C=O) groups is 2. The molecule has 2 saturated heterocycles. The maximum Gasteiger partial charge on any atom is 0.306 e. The van der Waals surface area contributed by atoms with Gasteiger partial charge in [0.2, 0.25) is 0 Å². The molecule has 0 aliphatic carbocycles. The summed E-state index contributed by atoms with van der Waals surface area (Å²) in [6.07, 6.45) is 20.2. The summed E-state index contributed by atoms with van der Waals surface area (Å²) in [4.78, 5) is 25.6. The SMILES string of the molecule is CC/C=C/C/C=C/CCCCCCCCCC(=O)OCC(CO[C@@H]1O[C@H](CO[C@@H]2O[C@H](CO)[C@H](O)C(O)C2O)[C@H](O)C(O)C1O)OC(=O)CC/C=C/C/C=C/CCCCCCCC. The van der Waals surface area contributed by atoms with E-state index in [9.17, 15) is 45.3 Å². The average molecular weight is 899 g/mol. The zero-order valence-corrected chi connectivity index (χ0v) is 38.0. The molecule has 2 heterocycles. The second kappa shape index (κ2) is 35.7. The van der Waals surface area contributed by atoms with Crippen LogP contribution < -0.4 is 0 Å².